The normalized spacial score (nSPS) is 11.7. The van der Waals surface area contributed by atoms with Crippen LogP contribution in [0.2, 0.25) is 0 Å². The van der Waals surface area contributed by atoms with Gasteiger partial charge < -0.3 is 5.11 Å². The number of rotatable bonds is 14. The lowest BCUT2D eigenvalue weighted by atomic mass is 10.1. The quantitative estimate of drug-likeness (QED) is 0.318. The van der Waals surface area contributed by atoms with Crippen LogP contribution in [-0.2, 0) is 4.79 Å². The van der Waals surface area contributed by atoms with E-state index in [4.69, 9.17) is 5.11 Å². The maximum atomic E-state index is 10.3. The number of carboxylic acids is 1. The highest BCUT2D eigenvalue weighted by atomic mass is 16.4. The molecule has 20 heavy (non-hydrogen) atoms. The summed E-state index contributed by atoms with van der Waals surface area (Å²) in [5.74, 6) is -0.688. The van der Waals surface area contributed by atoms with Crippen LogP contribution in [0.25, 0.3) is 0 Å². The Morgan fingerprint density at radius 2 is 1.35 bits per heavy atom. The van der Waals surface area contributed by atoms with Gasteiger partial charge in [0.25, 0.3) is 0 Å². The van der Waals surface area contributed by atoms with Crippen LogP contribution in [0.15, 0.2) is 24.3 Å². The molecule has 0 aliphatic heterocycles. The molecule has 0 saturated carbocycles. The first-order valence-electron chi connectivity index (χ1n) is 8.29. The number of unbranched alkanes of at least 4 members (excludes halogenated alkanes) is 8. The number of aliphatic carboxylic acids is 1. The van der Waals surface area contributed by atoms with Gasteiger partial charge in [-0.05, 0) is 38.5 Å². The Kier molecular flexibility index (Phi) is 15.2. The van der Waals surface area contributed by atoms with E-state index in [0.717, 1.165) is 25.7 Å². The molecule has 0 aromatic heterocycles. The fourth-order valence-electron chi connectivity index (χ4n) is 2.09. The van der Waals surface area contributed by atoms with Gasteiger partial charge >= 0.3 is 5.97 Å². The second-order valence-corrected chi connectivity index (χ2v) is 5.37. The third-order valence-electron chi connectivity index (χ3n) is 3.34. The van der Waals surface area contributed by atoms with E-state index < -0.39 is 5.97 Å². The lowest BCUT2D eigenvalue weighted by molar-refractivity contribution is -0.137. The van der Waals surface area contributed by atoms with Crippen LogP contribution in [0, 0.1) is 0 Å². The maximum Gasteiger partial charge on any atom is 0.303 e. The number of carbonyl (C=O) groups is 1. The molecule has 2 nitrogen and oxygen atoms in total. The summed E-state index contributed by atoms with van der Waals surface area (Å²) in [5, 5.41) is 8.49. The summed E-state index contributed by atoms with van der Waals surface area (Å²) in [7, 11) is 0. The molecular formula is C18H32O2. The van der Waals surface area contributed by atoms with Crippen molar-refractivity contribution in [3.8, 4) is 0 Å². The first kappa shape index (κ1) is 18.9. The van der Waals surface area contributed by atoms with E-state index in [9.17, 15) is 4.79 Å². The lowest BCUT2D eigenvalue weighted by Crippen LogP contribution is -1.92. The summed E-state index contributed by atoms with van der Waals surface area (Å²) in [5.41, 5.74) is 0. The third-order valence-corrected chi connectivity index (χ3v) is 3.34. The minimum absolute atomic E-state index is 0.298. The molecule has 0 saturated heterocycles. The molecule has 0 heterocycles. The third kappa shape index (κ3) is 16.9. The van der Waals surface area contributed by atoms with Crippen LogP contribution in [0.5, 0.6) is 0 Å². The smallest absolute Gasteiger partial charge is 0.303 e. The zero-order valence-corrected chi connectivity index (χ0v) is 13.2. The van der Waals surface area contributed by atoms with Crippen LogP contribution in [0.3, 0.4) is 0 Å². The van der Waals surface area contributed by atoms with Gasteiger partial charge in [0, 0.05) is 6.42 Å². The highest BCUT2D eigenvalue weighted by molar-refractivity contribution is 5.66. The Bertz CT molecular complexity index is 267. The molecule has 0 aromatic rings. The van der Waals surface area contributed by atoms with Crippen LogP contribution in [-0.4, -0.2) is 11.1 Å². The minimum atomic E-state index is -0.688. The van der Waals surface area contributed by atoms with Crippen LogP contribution in [0.4, 0.5) is 0 Å². The number of hydrogen-bond acceptors (Lipinski definition) is 1. The predicted octanol–water partition coefficient (Wildman–Crippen LogP) is 5.88. The second-order valence-electron chi connectivity index (χ2n) is 5.37. The largest absolute Gasteiger partial charge is 0.481 e. The second kappa shape index (κ2) is 16.0. The lowest BCUT2D eigenvalue weighted by Gasteiger charge is -1.97. The molecule has 116 valence electrons. The van der Waals surface area contributed by atoms with Crippen molar-refractivity contribution in [1.82, 2.24) is 0 Å². The van der Waals surface area contributed by atoms with Gasteiger partial charge in [-0.3, -0.25) is 4.79 Å². The Morgan fingerprint density at radius 3 is 1.95 bits per heavy atom. The van der Waals surface area contributed by atoms with E-state index in [-0.39, 0.29) is 0 Å². The van der Waals surface area contributed by atoms with Crippen LogP contribution >= 0.6 is 0 Å². The molecule has 0 aliphatic rings. The molecule has 0 fully saturated rings. The summed E-state index contributed by atoms with van der Waals surface area (Å²) >= 11 is 0. The summed E-state index contributed by atoms with van der Waals surface area (Å²) in [6, 6.07) is 0. The van der Waals surface area contributed by atoms with E-state index in [1.807, 2.05) is 0 Å². The molecular weight excluding hydrogens is 248 g/mol. The molecule has 0 unspecified atom stereocenters. The predicted molar refractivity (Wildman–Crippen MR) is 87.0 cm³/mol. The van der Waals surface area contributed by atoms with Crippen LogP contribution < -0.4 is 0 Å². The summed E-state index contributed by atoms with van der Waals surface area (Å²) in [4.78, 5) is 10.3. The average Bonchev–Trinajstić information content (AvgIpc) is 2.43. The van der Waals surface area contributed by atoms with Crippen molar-refractivity contribution >= 4 is 5.97 Å². The molecule has 0 aromatic carbocycles. The van der Waals surface area contributed by atoms with Crippen molar-refractivity contribution in [2.75, 3.05) is 0 Å². The Hall–Kier alpha value is -1.05. The highest BCUT2D eigenvalue weighted by Gasteiger charge is 1.93. The van der Waals surface area contributed by atoms with Crippen LogP contribution in [0.1, 0.15) is 84.0 Å². The summed E-state index contributed by atoms with van der Waals surface area (Å²) < 4.78 is 0. The van der Waals surface area contributed by atoms with E-state index in [0.29, 0.717) is 6.42 Å². The van der Waals surface area contributed by atoms with Gasteiger partial charge in [0.05, 0.1) is 0 Å². The Morgan fingerprint density at radius 1 is 0.800 bits per heavy atom. The Labute approximate surface area is 125 Å². The number of carboxylic acid groups (broad SMARTS) is 1. The molecule has 0 atom stereocenters. The topological polar surface area (TPSA) is 37.3 Å². The van der Waals surface area contributed by atoms with E-state index in [1.165, 1.54) is 44.9 Å². The Balaban J connectivity index is 3.20. The molecule has 0 aliphatic carbocycles. The molecule has 0 spiro atoms. The fourth-order valence-corrected chi connectivity index (χ4v) is 2.09. The van der Waals surface area contributed by atoms with E-state index in [2.05, 4.69) is 31.2 Å². The van der Waals surface area contributed by atoms with Crippen molar-refractivity contribution in [2.24, 2.45) is 0 Å². The van der Waals surface area contributed by atoms with Crippen molar-refractivity contribution < 1.29 is 9.90 Å². The van der Waals surface area contributed by atoms with Crippen molar-refractivity contribution in [2.45, 2.75) is 84.0 Å². The van der Waals surface area contributed by atoms with Crippen molar-refractivity contribution in [3.05, 3.63) is 24.3 Å². The summed E-state index contributed by atoms with van der Waals surface area (Å²) in [6.45, 7) is 2.25. The van der Waals surface area contributed by atoms with Crippen molar-refractivity contribution in [3.63, 3.8) is 0 Å². The van der Waals surface area contributed by atoms with E-state index >= 15 is 0 Å². The molecule has 0 bridgehead atoms. The van der Waals surface area contributed by atoms with Crippen molar-refractivity contribution in [1.29, 1.82) is 0 Å². The maximum absolute atomic E-state index is 10.3. The monoisotopic (exact) mass is 280 g/mol. The number of allylic oxidation sites excluding steroid dienone is 4. The number of hydrogen-bond donors (Lipinski definition) is 1. The molecule has 1 N–H and O–H groups in total. The molecule has 0 radical (unpaired) electrons. The highest BCUT2D eigenvalue weighted by Crippen LogP contribution is 2.07. The van der Waals surface area contributed by atoms with Gasteiger partial charge in [-0.1, -0.05) is 63.3 Å². The average molecular weight is 280 g/mol. The van der Waals surface area contributed by atoms with Gasteiger partial charge in [0.1, 0.15) is 0 Å². The zero-order chi connectivity index (χ0) is 14.9. The molecule has 0 amide bonds. The molecule has 2 heteroatoms. The standard InChI is InChI=1S/C18H32O2/c1-2-3-4-5-6-7-8-9-10-11-12-13-14-15-16-17-18(19)20/h9-10,12-13H,2-8,11,14-17H2,1H3,(H,19,20)/b10-9+,13-12+. The zero-order valence-electron chi connectivity index (χ0n) is 13.2. The molecule has 0 rings (SSSR count). The van der Waals surface area contributed by atoms with Gasteiger partial charge in [-0.25, -0.2) is 0 Å². The van der Waals surface area contributed by atoms with Gasteiger partial charge in [-0.2, -0.15) is 0 Å². The van der Waals surface area contributed by atoms with Gasteiger partial charge in [0.2, 0.25) is 0 Å². The minimum Gasteiger partial charge on any atom is -0.481 e. The van der Waals surface area contributed by atoms with E-state index in [1.54, 1.807) is 0 Å². The first-order valence-corrected chi connectivity index (χ1v) is 8.29. The summed E-state index contributed by atoms with van der Waals surface area (Å²) in [6.07, 6.45) is 22.3. The fraction of sp³-hybridized carbons (Fsp3) is 0.722. The van der Waals surface area contributed by atoms with Gasteiger partial charge in [0.15, 0.2) is 0 Å². The van der Waals surface area contributed by atoms with Gasteiger partial charge in [-0.15, -0.1) is 0 Å². The SMILES string of the molecule is CCCCCCCC/C=C/C/C=C/CCCCC(=O)O. The first-order chi connectivity index (χ1) is 9.77.